The van der Waals surface area contributed by atoms with Crippen molar-refractivity contribution in [2.75, 3.05) is 6.54 Å². The minimum Gasteiger partial charge on any atom is -0.478 e. The van der Waals surface area contributed by atoms with Gasteiger partial charge in [0, 0.05) is 27.6 Å². The van der Waals surface area contributed by atoms with E-state index in [1.54, 1.807) is 23.9 Å². The lowest BCUT2D eigenvalue weighted by Gasteiger charge is -2.13. The molecule has 4 nitrogen and oxygen atoms in total. The maximum Gasteiger partial charge on any atom is 0.336 e. The first-order chi connectivity index (χ1) is 9.06. The summed E-state index contributed by atoms with van der Waals surface area (Å²) < 4.78 is 0.572. The molecule has 2 rings (SSSR count). The minimum absolute atomic E-state index is 0.0746. The average molecular weight is 344 g/mol. The van der Waals surface area contributed by atoms with Crippen molar-refractivity contribution >= 4 is 39.6 Å². The summed E-state index contributed by atoms with van der Waals surface area (Å²) in [5, 5.41) is 12.1. The molecule has 1 aromatic rings. The molecule has 0 radical (unpaired) electrons. The summed E-state index contributed by atoms with van der Waals surface area (Å²) in [4.78, 5) is 23.4. The molecule has 1 saturated heterocycles. The molecule has 0 bridgehead atoms. The summed E-state index contributed by atoms with van der Waals surface area (Å²) in [6, 6.07) is 5.27. The van der Waals surface area contributed by atoms with Crippen LogP contribution in [-0.4, -0.2) is 28.8 Å². The standard InChI is InChI=1S/C13H14BrNO3S/c14-11-4-3-9(6-10(11)13(17)18)19-8-2-1-5-15-12(16)7-8/h3-4,6,8H,1-2,5,7H2,(H,15,16)(H,17,18). The van der Waals surface area contributed by atoms with E-state index in [9.17, 15) is 9.59 Å². The van der Waals surface area contributed by atoms with Crippen molar-refractivity contribution in [3.63, 3.8) is 0 Å². The summed E-state index contributed by atoms with van der Waals surface area (Å²) in [5.41, 5.74) is 0.253. The Morgan fingerprint density at radius 3 is 3.00 bits per heavy atom. The second-order valence-electron chi connectivity index (χ2n) is 4.38. The van der Waals surface area contributed by atoms with E-state index in [-0.39, 0.29) is 16.7 Å². The van der Waals surface area contributed by atoms with Gasteiger partial charge in [0.25, 0.3) is 0 Å². The lowest BCUT2D eigenvalue weighted by atomic mass is 10.2. The number of hydrogen-bond donors (Lipinski definition) is 2. The van der Waals surface area contributed by atoms with Gasteiger partial charge >= 0.3 is 5.97 Å². The molecule has 1 aliphatic rings. The first-order valence-corrected chi connectivity index (χ1v) is 7.69. The first kappa shape index (κ1) is 14.4. The summed E-state index contributed by atoms with van der Waals surface area (Å²) in [6.45, 7) is 0.733. The van der Waals surface area contributed by atoms with Crippen LogP contribution in [0.5, 0.6) is 0 Å². The number of carboxylic acids is 1. The van der Waals surface area contributed by atoms with Crippen molar-refractivity contribution in [2.24, 2.45) is 0 Å². The topological polar surface area (TPSA) is 66.4 Å². The molecule has 1 atom stereocenters. The van der Waals surface area contributed by atoms with Crippen molar-refractivity contribution < 1.29 is 14.7 Å². The zero-order valence-corrected chi connectivity index (χ0v) is 12.6. The Labute approximate surface area is 124 Å². The number of carboxylic acid groups (broad SMARTS) is 1. The third-order valence-electron chi connectivity index (χ3n) is 2.91. The van der Waals surface area contributed by atoms with Gasteiger partial charge in [-0.3, -0.25) is 4.79 Å². The fourth-order valence-electron chi connectivity index (χ4n) is 1.97. The van der Waals surface area contributed by atoms with Crippen LogP contribution < -0.4 is 5.32 Å². The molecule has 0 saturated carbocycles. The van der Waals surface area contributed by atoms with Gasteiger partial charge in [-0.05, 0) is 47.0 Å². The van der Waals surface area contributed by atoms with Crippen molar-refractivity contribution in [1.82, 2.24) is 5.32 Å². The molecule has 0 aromatic heterocycles. The molecule has 2 N–H and O–H groups in total. The van der Waals surface area contributed by atoms with E-state index in [0.29, 0.717) is 10.9 Å². The zero-order chi connectivity index (χ0) is 13.8. The van der Waals surface area contributed by atoms with Crippen LogP contribution >= 0.6 is 27.7 Å². The van der Waals surface area contributed by atoms with E-state index >= 15 is 0 Å². The predicted octanol–water partition coefficient (Wildman–Crippen LogP) is 2.91. The molecule has 0 aliphatic carbocycles. The highest BCUT2D eigenvalue weighted by Gasteiger charge is 2.19. The predicted molar refractivity (Wildman–Crippen MR) is 77.6 cm³/mol. The first-order valence-electron chi connectivity index (χ1n) is 6.02. The molecule has 102 valence electrons. The quantitative estimate of drug-likeness (QED) is 0.885. The molecule has 1 aromatic carbocycles. The van der Waals surface area contributed by atoms with Crippen LogP contribution in [0.3, 0.4) is 0 Å². The number of nitrogens with one attached hydrogen (secondary N) is 1. The Bertz CT molecular complexity index is 507. The SMILES string of the molecule is O=C1CC(Sc2ccc(Br)c(C(=O)O)c2)CCCN1. The Balaban J connectivity index is 2.12. The Kier molecular flexibility index (Phi) is 4.87. The van der Waals surface area contributed by atoms with Crippen LogP contribution in [0.1, 0.15) is 29.6 Å². The van der Waals surface area contributed by atoms with Crippen LogP contribution in [0.15, 0.2) is 27.6 Å². The van der Waals surface area contributed by atoms with Crippen LogP contribution in [0, 0.1) is 0 Å². The number of carbonyl (C=O) groups excluding carboxylic acids is 1. The largest absolute Gasteiger partial charge is 0.478 e. The van der Waals surface area contributed by atoms with Crippen molar-refractivity contribution in [2.45, 2.75) is 29.4 Å². The van der Waals surface area contributed by atoms with Gasteiger partial charge in [0.15, 0.2) is 0 Å². The van der Waals surface area contributed by atoms with Gasteiger partial charge < -0.3 is 10.4 Å². The van der Waals surface area contributed by atoms with E-state index < -0.39 is 5.97 Å². The molecule has 1 fully saturated rings. The smallest absolute Gasteiger partial charge is 0.336 e. The molecule has 1 amide bonds. The van der Waals surface area contributed by atoms with Crippen LogP contribution in [-0.2, 0) is 4.79 Å². The second kappa shape index (κ2) is 6.43. The average Bonchev–Trinajstić information content (AvgIpc) is 2.56. The summed E-state index contributed by atoms with van der Waals surface area (Å²) in [7, 11) is 0. The second-order valence-corrected chi connectivity index (χ2v) is 6.61. The highest BCUT2D eigenvalue weighted by atomic mass is 79.9. The van der Waals surface area contributed by atoms with Crippen molar-refractivity contribution in [3.05, 3.63) is 28.2 Å². The number of thioether (sulfide) groups is 1. The number of benzene rings is 1. The summed E-state index contributed by atoms with van der Waals surface area (Å²) in [6.07, 6.45) is 2.41. The Morgan fingerprint density at radius 1 is 1.47 bits per heavy atom. The lowest BCUT2D eigenvalue weighted by molar-refractivity contribution is -0.120. The number of aromatic carboxylic acids is 1. The Hall–Kier alpha value is -1.01. The fourth-order valence-corrected chi connectivity index (χ4v) is 3.63. The van der Waals surface area contributed by atoms with Crippen molar-refractivity contribution in [3.8, 4) is 0 Å². The van der Waals surface area contributed by atoms with Gasteiger partial charge in [-0.15, -0.1) is 11.8 Å². The maximum absolute atomic E-state index is 11.5. The third-order valence-corrected chi connectivity index (χ3v) is 4.86. The molecule has 1 heterocycles. The fraction of sp³-hybridized carbons (Fsp3) is 0.385. The maximum atomic E-state index is 11.5. The van der Waals surface area contributed by atoms with Gasteiger partial charge in [0.05, 0.1) is 5.56 Å². The number of rotatable bonds is 3. The van der Waals surface area contributed by atoms with Gasteiger partial charge in [-0.2, -0.15) is 0 Å². The molecule has 6 heteroatoms. The highest BCUT2D eigenvalue weighted by molar-refractivity contribution is 9.10. The number of carbonyl (C=O) groups is 2. The van der Waals surface area contributed by atoms with Gasteiger partial charge in [-0.1, -0.05) is 0 Å². The van der Waals surface area contributed by atoms with E-state index in [4.69, 9.17) is 5.11 Å². The van der Waals surface area contributed by atoms with Gasteiger partial charge in [0.2, 0.25) is 5.91 Å². The van der Waals surface area contributed by atoms with E-state index in [0.717, 1.165) is 24.3 Å². The van der Waals surface area contributed by atoms with Crippen LogP contribution in [0.25, 0.3) is 0 Å². The van der Waals surface area contributed by atoms with Crippen LogP contribution in [0.4, 0.5) is 0 Å². The molecular formula is C13H14BrNO3S. The molecular weight excluding hydrogens is 330 g/mol. The lowest BCUT2D eigenvalue weighted by Crippen LogP contribution is -2.22. The summed E-state index contributed by atoms with van der Waals surface area (Å²) >= 11 is 4.80. The monoisotopic (exact) mass is 343 g/mol. The molecule has 19 heavy (non-hydrogen) atoms. The van der Waals surface area contributed by atoms with E-state index in [2.05, 4.69) is 21.2 Å². The van der Waals surface area contributed by atoms with Crippen molar-refractivity contribution in [1.29, 1.82) is 0 Å². The number of amides is 1. The number of hydrogen-bond acceptors (Lipinski definition) is 3. The molecule has 1 unspecified atom stereocenters. The number of halogens is 1. The Morgan fingerprint density at radius 2 is 2.26 bits per heavy atom. The molecule has 1 aliphatic heterocycles. The molecule has 0 spiro atoms. The zero-order valence-electron chi connectivity index (χ0n) is 10.2. The summed E-state index contributed by atoms with van der Waals surface area (Å²) in [5.74, 6) is -0.876. The minimum atomic E-state index is -0.951. The van der Waals surface area contributed by atoms with Crippen LogP contribution in [0.2, 0.25) is 0 Å². The van der Waals surface area contributed by atoms with Gasteiger partial charge in [0.1, 0.15) is 0 Å². The normalized spacial score (nSPS) is 19.6. The van der Waals surface area contributed by atoms with Gasteiger partial charge in [-0.25, -0.2) is 4.79 Å². The van der Waals surface area contributed by atoms with E-state index in [1.807, 2.05) is 6.07 Å². The van der Waals surface area contributed by atoms with E-state index in [1.165, 1.54) is 0 Å². The third kappa shape index (κ3) is 3.98. The highest BCUT2D eigenvalue weighted by Crippen LogP contribution is 2.32.